The molecule has 0 spiro atoms. The van der Waals surface area contributed by atoms with Crippen LogP contribution in [0.4, 0.5) is 13.2 Å². The molecule has 0 aliphatic heterocycles. The molecule has 31 heavy (non-hydrogen) atoms. The first-order valence-electron chi connectivity index (χ1n) is 10.2. The molecule has 0 bridgehead atoms. The molecular formula is C23H23F3N4O. The van der Waals surface area contributed by atoms with Gasteiger partial charge in [-0.15, -0.1) is 0 Å². The van der Waals surface area contributed by atoms with Crippen molar-refractivity contribution in [2.24, 2.45) is 0 Å². The van der Waals surface area contributed by atoms with Gasteiger partial charge in [0, 0.05) is 12.2 Å². The molecule has 1 unspecified atom stereocenters. The number of alkyl halides is 3. The van der Waals surface area contributed by atoms with Gasteiger partial charge < -0.3 is 5.32 Å². The highest BCUT2D eigenvalue weighted by Crippen LogP contribution is 2.30. The highest BCUT2D eigenvalue weighted by atomic mass is 19.4. The van der Waals surface area contributed by atoms with Crippen LogP contribution in [0.3, 0.4) is 0 Å². The second kappa shape index (κ2) is 8.17. The van der Waals surface area contributed by atoms with Crippen molar-refractivity contribution < 1.29 is 18.0 Å². The highest BCUT2D eigenvalue weighted by Gasteiger charge is 2.31. The van der Waals surface area contributed by atoms with E-state index in [0.29, 0.717) is 11.3 Å². The molecule has 3 aromatic rings. The standard InChI is InChI=1S/C23H23F3N4O/c1-14(2)21-19(13-28-30(21)20-10-8-17(12-27-20)23(24,25)26)22(31)29-18-9-7-15-5-3-4-6-16(15)11-18/h3-6,8,10,12-14,18H,7,9,11H2,1-2H3,(H,29,31). The Hall–Kier alpha value is -3.16. The average molecular weight is 428 g/mol. The Morgan fingerprint density at radius 2 is 1.87 bits per heavy atom. The lowest BCUT2D eigenvalue weighted by atomic mass is 9.88. The number of amides is 1. The van der Waals surface area contributed by atoms with E-state index < -0.39 is 11.7 Å². The second-order valence-electron chi connectivity index (χ2n) is 8.09. The van der Waals surface area contributed by atoms with Crippen molar-refractivity contribution in [2.45, 2.75) is 51.2 Å². The number of pyridine rings is 1. The molecule has 1 amide bonds. The number of fused-ring (bicyclic) bond motifs is 1. The van der Waals surface area contributed by atoms with Crippen molar-refractivity contribution >= 4 is 5.91 Å². The van der Waals surface area contributed by atoms with E-state index in [1.54, 1.807) is 0 Å². The van der Waals surface area contributed by atoms with Crippen LogP contribution in [0.25, 0.3) is 5.82 Å². The first-order valence-corrected chi connectivity index (χ1v) is 10.2. The Labute approximate surface area is 178 Å². The third-order valence-electron chi connectivity index (χ3n) is 5.57. The van der Waals surface area contributed by atoms with Gasteiger partial charge in [-0.3, -0.25) is 4.79 Å². The summed E-state index contributed by atoms with van der Waals surface area (Å²) in [5.41, 5.74) is 2.76. The Bertz CT molecular complexity index is 1090. The van der Waals surface area contributed by atoms with E-state index in [9.17, 15) is 18.0 Å². The van der Waals surface area contributed by atoms with E-state index in [0.717, 1.165) is 31.5 Å². The predicted octanol–water partition coefficient (Wildman–Crippen LogP) is 4.70. The summed E-state index contributed by atoms with van der Waals surface area (Å²) in [6.45, 7) is 3.82. The number of carbonyl (C=O) groups is 1. The van der Waals surface area contributed by atoms with Crippen LogP contribution in [0.5, 0.6) is 0 Å². The van der Waals surface area contributed by atoms with Crippen LogP contribution >= 0.6 is 0 Å². The highest BCUT2D eigenvalue weighted by molar-refractivity contribution is 5.95. The van der Waals surface area contributed by atoms with E-state index in [1.165, 1.54) is 28.1 Å². The maximum absolute atomic E-state index is 13.0. The number of hydrogen-bond acceptors (Lipinski definition) is 3. The van der Waals surface area contributed by atoms with Crippen LogP contribution in [-0.2, 0) is 19.0 Å². The van der Waals surface area contributed by atoms with Gasteiger partial charge in [-0.25, -0.2) is 9.67 Å². The maximum Gasteiger partial charge on any atom is 0.417 e. The topological polar surface area (TPSA) is 59.8 Å². The smallest absolute Gasteiger partial charge is 0.349 e. The molecule has 2 aromatic heterocycles. The number of nitrogens with zero attached hydrogens (tertiary/aromatic N) is 3. The second-order valence-corrected chi connectivity index (χ2v) is 8.09. The Balaban J connectivity index is 1.57. The van der Waals surface area contributed by atoms with E-state index >= 15 is 0 Å². The fourth-order valence-electron chi connectivity index (χ4n) is 4.03. The fraction of sp³-hybridized carbons (Fsp3) is 0.348. The van der Waals surface area contributed by atoms with Gasteiger partial charge in [0.05, 0.1) is 23.0 Å². The SMILES string of the molecule is CC(C)c1c(C(=O)NC2CCc3ccccc3C2)cnn1-c1ccc(C(F)(F)F)cn1. The molecule has 1 aromatic carbocycles. The zero-order valence-corrected chi connectivity index (χ0v) is 17.3. The molecule has 1 atom stereocenters. The quantitative estimate of drug-likeness (QED) is 0.656. The molecule has 0 fully saturated rings. The number of nitrogens with one attached hydrogen (secondary N) is 1. The summed E-state index contributed by atoms with van der Waals surface area (Å²) in [6, 6.07) is 10.5. The summed E-state index contributed by atoms with van der Waals surface area (Å²) >= 11 is 0. The minimum atomic E-state index is -4.46. The lowest BCUT2D eigenvalue weighted by Crippen LogP contribution is -2.39. The number of aryl methyl sites for hydroxylation is 1. The first-order chi connectivity index (χ1) is 14.7. The van der Waals surface area contributed by atoms with Gasteiger partial charge in [0.1, 0.15) is 0 Å². The number of rotatable bonds is 4. The Kier molecular flexibility index (Phi) is 5.56. The molecule has 0 radical (unpaired) electrons. The summed E-state index contributed by atoms with van der Waals surface area (Å²) in [4.78, 5) is 17.0. The predicted molar refractivity (Wildman–Crippen MR) is 110 cm³/mol. The maximum atomic E-state index is 13.0. The largest absolute Gasteiger partial charge is 0.417 e. The molecular weight excluding hydrogens is 405 g/mol. The number of aromatic nitrogens is 3. The van der Waals surface area contributed by atoms with Crippen molar-refractivity contribution in [3.05, 3.63) is 76.7 Å². The zero-order valence-electron chi connectivity index (χ0n) is 17.3. The van der Waals surface area contributed by atoms with E-state index in [-0.39, 0.29) is 23.7 Å². The molecule has 0 saturated carbocycles. The monoisotopic (exact) mass is 428 g/mol. The summed E-state index contributed by atoms with van der Waals surface area (Å²) in [6.07, 6.45) is 0.316. The van der Waals surface area contributed by atoms with Gasteiger partial charge in [-0.05, 0) is 48.4 Å². The minimum absolute atomic E-state index is 0.0231. The number of hydrogen-bond donors (Lipinski definition) is 1. The van der Waals surface area contributed by atoms with Gasteiger partial charge >= 0.3 is 6.18 Å². The molecule has 0 saturated heterocycles. The lowest BCUT2D eigenvalue weighted by molar-refractivity contribution is -0.137. The summed E-state index contributed by atoms with van der Waals surface area (Å²) in [5, 5.41) is 7.37. The number of benzene rings is 1. The van der Waals surface area contributed by atoms with Crippen LogP contribution in [0.15, 0.2) is 48.8 Å². The van der Waals surface area contributed by atoms with Crippen LogP contribution < -0.4 is 5.32 Å². The van der Waals surface area contributed by atoms with Gasteiger partial charge in [0.15, 0.2) is 5.82 Å². The molecule has 1 aliphatic carbocycles. The summed E-state index contributed by atoms with van der Waals surface area (Å²) in [7, 11) is 0. The molecule has 1 N–H and O–H groups in total. The first kappa shape index (κ1) is 21.1. The summed E-state index contributed by atoms with van der Waals surface area (Å²) < 4.78 is 40.0. The minimum Gasteiger partial charge on any atom is -0.349 e. The zero-order chi connectivity index (χ0) is 22.2. The number of halogens is 3. The van der Waals surface area contributed by atoms with Gasteiger partial charge in [-0.1, -0.05) is 38.1 Å². The number of carbonyl (C=O) groups excluding carboxylic acids is 1. The fourth-order valence-corrected chi connectivity index (χ4v) is 4.03. The van der Waals surface area contributed by atoms with E-state index in [4.69, 9.17) is 0 Å². The van der Waals surface area contributed by atoms with Crippen LogP contribution in [0.2, 0.25) is 0 Å². The average Bonchev–Trinajstić information content (AvgIpc) is 3.19. The summed E-state index contributed by atoms with van der Waals surface area (Å²) in [5.74, 6) is -0.0759. The van der Waals surface area contributed by atoms with Crippen LogP contribution in [-0.4, -0.2) is 26.7 Å². The molecule has 8 heteroatoms. The third-order valence-corrected chi connectivity index (χ3v) is 5.57. The van der Waals surface area contributed by atoms with Gasteiger partial charge in [-0.2, -0.15) is 18.3 Å². The van der Waals surface area contributed by atoms with Crippen molar-refractivity contribution in [2.75, 3.05) is 0 Å². The molecule has 2 heterocycles. The van der Waals surface area contributed by atoms with Gasteiger partial charge in [0.2, 0.25) is 0 Å². The Morgan fingerprint density at radius 3 is 2.52 bits per heavy atom. The van der Waals surface area contributed by atoms with E-state index in [1.807, 2.05) is 26.0 Å². The molecule has 1 aliphatic rings. The Morgan fingerprint density at radius 1 is 1.13 bits per heavy atom. The van der Waals surface area contributed by atoms with Crippen molar-refractivity contribution in [1.82, 2.24) is 20.1 Å². The van der Waals surface area contributed by atoms with Crippen LogP contribution in [0.1, 0.15) is 58.9 Å². The lowest BCUT2D eigenvalue weighted by Gasteiger charge is -2.25. The van der Waals surface area contributed by atoms with Crippen molar-refractivity contribution in [1.29, 1.82) is 0 Å². The van der Waals surface area contributed by atoms with Gasteiger partial charge in [0.25, 0.3) is 5.91 Å². The van der Waals surface area contributed by atoms with Crippen LogP contribution in [0, 0.1) is 0 Å². The molecule has 5 nitrogen and oxygen atoms in total. The van der Waals surface area contributed by atoms with Crippen molar-refractivity contribution in [3.63, 3.8) is 0 Å². The van der Waals surface area contributed by atoms with Crippen molar-refractivity contribution in [3.8, 4) is 5.82 Å². The molecule has 4 rings (SSSR count). The van der Waals surface area contributed by atoms with E-state index in [2.05, 4.69) is 27.5 Å². The third kappa shape index (κ3) is 4.33. The normalized spacial score (nSPS) is 16.3. The molecule has 162 valence electrons.